The van der Waals surface area contributed by atoms with Crippen LogP contribution in [0.5, 0.6) is 0 Å². The van der Waals surface area contributed by atoms with E-state index in [2.05, 4.69) is 22.0 Å². The van der Waals surface area contributed by atoms with Gasteiger partial charge in [0.2, 0.25) is 5.91 Å². The molecule has 3 heterocycles. The van der Waals surface area contributed by atoms with Crippen molar-refractivity contribution in [3.8, 4) is 0 Å². The number of unbranched alkanes of at least 4 members (excludes halogenated alkanes) is 1. The van der Waals surface area contributed by atoms with Crippen LogP contribution in [0.25, 0.3) is 0 Å². The van der Waals surface area contributed by atoms with Crippen LogP contribution in [-0.2, 0) is 4.79 Å². The summed E-state index contributed by atoms with van der Waals surface area (Å²) >= 11 is 0. The summed E-state index contributed by atoms with van der Waals surface area (Å²) in [4.78, 5) is 32.1. The average Bonchev–Trinajstić information content (AvgIpc) is 3.06. The zero-order valence-corrected chi connectivity index (χ0v) is 18.5. The maximum atomic E-state index is 12.8. The zero-order chi connectivity index (χ0) is 20.5. The summed E-state index contributed by atoms with van der Waals surface area (Å²) < 4.78 is 0. The largest absolute Gasteiger partial charge is 0.342 e. The molecule has 3 saturated heterocycles. The fraction of sp³-hybridized carbons (Fsp3) is 0.913. The highest BCUT2D eigenvalue weighted by atomic mass is 16.2. The van der Waals surface area contributed by atoms with Crippen molar-refractivity contribution in [1.82, 2.24) is 20.0 Å². The van der Waals surface area contributed by atoms with Crippen LogP contribution >= 0.6 is 0 Å². The lowest BCUT2D eigenvalue weighted by molar-refractivity contribution is -0.136. The lowest BCUT2D eigenvalue weighted by Crippen LogP contribution is -2.51. The van der Waals surface area contributed by atoms with Crippen molar-refractivity contribution in [2.75, 3.05) is 45.8 Å². The minimum absolute atomic E-state index is 0.0617. The fourth-order valence-electron chi connectivity index (χ4n) is 5.14. The number of nitrogens with one attached hydrogen (secondary N) is 1. The molecule has 3 aliphatic heterocycles. The van der Waals surface area contributed by atoms with Crippen LogP contribution in [0.2, 0.25) is 0 Å². The van der Waals surface area contributed by atoms with Gasteiger partial charge >= 0.3 is 6.03 Å². The van der Waals surface area contributed by atoms with Gasteiger partial charge in [-0.2, -0.15) is 0 Å². The molecule has 0 aromatic heterocycles. The van der Waals surface area contributed by atoms with Crippen molar-refractivity contribution in [3.05, 3.63) is 0 Å². The molecule has 0 aromatic carbocycles. The first kappa shape index (κ1) is 22.4. The SMILES string of the molecule is CCCCN1CCCCC1CNC(=O)N1CCC(C(=O)N2CCCCCC2)CC1. The van der Waals surface area contributed by atoms with Crippen LogP contribution in [0.1, 0.15) is 77.6 Å². The molecule has 1 unspecified atom stereocenters. The third kappa shape index (κ3) is 6.59. The fourth-order valence-corrected chi connectivity index (χ4v) is 5.14. The number of nitrogens with zero attached hydrogens (tertiary/aromatic N) is 3. The highest BCUT2D eigenvalue weighted by Gasteiger charge is 2.31. The van der Waals surface area contributed by atoms with E-state index in [4.69, 9.17) is 0 Å². The van der Waals surface area contributed by atoms with Crippen molar-refractivity contribution in [2.24, 2.45) is 5.92 Å². The van der Waals surface area contributed by atoms with Crippen molar-refractivity contribution in [3.63, 3.8) is 0 Å². The summed E-state index contributed by atoms with van der Waals surface area (Å²) in [5.41, 5.74) is 0. The summed E-state index contributed by atoms with van der Waals surface area (Å²) in [5, 5.41) is 3.19. The molecule has 0 radical (unpaired) electrons. The van der Waals surface area contributed by atoms with E-state index >= 15 is 0 Å². The summed E-state index contributed by atoms with van der Waals surface area (Å²) in [6.45, 7) is 8.59. The van der Waals surface area contributed by atoms with E-state index in [0.717, 1.165) is 51.9 Å². The Bertz CT molecular complexity index is 511. The Kier molecular flexibility index (Phi) is 9.09. The van der Waals surface area contributed by atoms with Crippen molar-refractivity contribution < 1.29 is 9.59 Å². The van der Waals surface area contributed by atoms with Crippen LogP contribution < -0.4 is 5.32 Å². The van der Waals surface area contributed by atoms with Crippen molar-refractivity contribution in [1.29, 1.82) is 0 Å². The van der Waals surface area contributed by atoms with Gasteiger partial charge in [0.25, 0.3) is 0 Å². The van der Waals surface area contributed by atoms with Crippen LogP contribution in [0.15, 0.2) is 0 Å². The Hall–Kier alpha value is -1.30. The molecule has 3 fully saturated rings. The van der Waals surface area contributed by atoms with Crippen molar-refractivity contribution in [2.45, 2.75) is 83.6 Å². The molecular formula is C23H42N4O2. The monoisotopic (exact) mass is 406 g/mol. The Labute approximate surface area is 177 Å². The second-order valence-electron chi connectivity index (χ2n) is 9.23. The molecule has 3 amide bonds. The predicted molar refractivity (Wildman–Crippen MR) is 117 cm³/mol. The molecule has 6 nitrogen and oxygen atoms in total. The first-order valence-electron chi connectivity index (χ1n) is 12.2. The molecule has 0 aromatic rings. The molecular weight excluding hydrogens is 364 g/mol. The first-order valence-corrected chi connectivity index (χ1v) is 12.2. The first-order chi connectivity index (χ1) is 14.2. The van der Waals surface area contributed by atoms with Crippen LogP contribution in [0, 0.1) is 5.92 Å². The summed E-state index contributed by atoms with van der Waals surface area (Å²) in [7, 11) is 0. The van der Waals surface area contributed by atoms with Gasteiger partial charge < -0.3 is 15.1 Å². The minimum atomic E-state index is 0.0617. The van der Waals surface area contributed by atoms with E-state index in [9.17, 15) is 9.59 Å². The normalized spacial score (nSPS) is 24.9. The number of amides is 3. The average molecular weight is 407 g/mol. The van der Waals surface area contributed by atoms with Gasteiger partial charge in [-0.15, -0.1) is 0 Å². The number of rotatable bonds is 6. The second kappa shape index (κ2) is 11.8. The van der Waals surface area contributed by atoms with Gasteiger partial charge in [0.1, 0.15) is 0 Å². The minimum Gasteiger partial charge on any atom is -0.342 e. The number of piperidine rings is 2. The lowest BCUT2D eigenvalue weighted by atomic mass is 9.95. The van der Waals surface area contributed by atoms with Gasteiger partial charge in [0.15, 0.2) is 0 Å². The molecule has 0 aliphatic carbocycles. The summed E-state index contributed by atoms with van der Waals surface area (Å²) in [6.07, 6.45) is 12.6. The predicted octanol–water partition coefficient (Wildman–Crippen LogP) is 3.47. The molecule has 0 saturated carbocycles. The van der Waals surface area contributed by atoms with Crippen LogP contribution in [0.4, 0.5) is 4.79 Å². The Balaban J connectivity index is 1.39. The van der Waals surface area contributed by atoms with Gasteiger partial charge in [-0.3, -0.25) is 9.69 Å². The Morgan fingerprint density at radius 1 is 0.828 bits per heavy atom. The standard InChI is InChI=1S/C23H42N4O2/c1-2-3-13-25-14-9-6-10-21(25)19-24-23(29)27-17-11-20(12-18-27)22(28)26-15-7-4-5-8-16-26/h20-21H,2-19H2,1H3,(H,24,29). The highest BCUT2D eigenvalue weighted by Crippen LogP contribution is 2.22. The molecule has 0 bridgehead atoms. The van der Waals surface area contributed by atoms with E-state index in [1.807, 2.05) is 4.90 Å². The second-order valence-corrected chi connectivity index (χ2v) is 9.23. The van der Waals surface area contributed by atoms with Gasteiger partial charge in [-0.05, 0) is 58.0 Å². The molecule has 3 rings (SSSR count). The number of hydrogen-bond donors (Lipinski definition) is 1. The van der Waals surface area contributed by atoms with Gasteiger partial charge in [-0.1, -0.05) is 32.6 Å². The van der Waals surface area contributed by atoms with Crippen LogP contribution in [0.3, 0.4) is 0 Å². The number of likely N-dealkylation sites (tertiary alicyclic amines) is 3. The molecule has 1 N–H and O–H groups in total. The summed E-state index contributed by atoms with van der Waals surface area (Å²) in [6, 6.07) is 0.549. The van der Waals surface area contributed by atoms with Crippen LogP contribution in [-0.4, -0.2) is 78.5 Å². The van der Waals surface area contributed by atoms with E-state index in [1.54, 1.807) is 0 Å². The summed E-state index contributed by atoms with van der Waals surface area (Å²) in [5.74, 6) is 0.445. The number of carbonyl (C=O) groups is 2. The quantitative estimate of drug-likeness (QED) is 0.735. The maximum absolute atomic E-state index is 12.8. The molecule has 166 valence electrons. The van der Waals surface area contributed by atoms with E-state index in [1.165, 1.54) is 51.5 Å². The zero-order valence-electron chi connectivity index (χ0n) is 18.5. The Morgan fingerprint density at radius 2 is 1.52 bits per heavy atom. The van der Waals surface area contributed by atoms with E-state index in [0.29, 0.717) is 25.0 Å². The molecule has 6 heteroatoms. The third-order valence-electron chi connectivity index (χ3n) is 7.09. The smallest absolute Gasteiger partial charge is 0.317 e. The maximum Gasteiger partial charge on any atom is 0.317 e. The molecule has 3 aliphatic rings. The van der Waals surface area contributed by atoms with E-state index in [-0.39, 0.29) is 11.9 Å². The lowest BCUT2D eigenvalue weighted by Gasteiger charge is -2.37. The molecule has 29 heavy (non-hydrogen) atoms. The third-order valence-corrected chi connectivity index (χ3v) is 7.09. The highest BCUT2D eigenvalue weighted by molar-refractivity contribution is 5.80. The van der Waals surface area contributed by atoms with Gasteiger partial charge in [-0.25, -0.2) is 4.79 Å². The topological polar surface area (TPSA) is 55.9 Å². The van der Waals surface area contributed by atoms with Gasteiger partial charge in [0.05, 0.1) is 0 Å². The number of urea groups is 1. The number of carbonyl (C=O) groups excluding carboxylic acids is 2. The van der Waals surface area contributed by atoms with Gasteiger partial charge in [0, 0.05) is 44.7 Å². The Morgan fingerprint density at radius 3 is 2.21 bits per heavy atom. The molecule has 0 spiro atoms. The van der Waals surface area contributed by atoms with Crippen molar-refractivity contribution >= 4 is 11.9 Å². The van der Waals surface area contributed by atoms with E-state index < -0.39 is 0 Å². The molecule has 1 atom stereocenters. The number of hydrogen-bond acceptors (Lipinski definition) is 3.